The zero-order chi connectivity index (χ0) is 26.8. The van der Waals surface area contributed by atoms with Crippen LogP contribution < -0.4 is 4.90 Å². The Morgan fingerprint density at radius 2 is 1.02 bits per heavy atom. The van der Waals surface area contributed by atoms with Gasteiger partial charge in [0.25, 0.3) is 0 Å². The van der Waals surface area contributed by atoms with Crippen LogP contribution >= 0.6 is 0 Å². The highest BCUT2D eigenvalue weighted by molar-refractivity contribution is 6.06. The van der Waals surface area contributed by atoms with Crippen molar-refractivity contribution in [3.63, 3.8) is 0 Å². The molecule has 1 unspecified atom stereocenters. The summed E-state index contributed by atoms with van der Waals surface area (Å²) >= 11 is 0. The van der Waals surface area contributed by atoms with Gasteiger partial charge in [0, 0.05) is 17.1 Å². The van der Waals surface area contributed by atoms with Gasteiger partial charge in [-0.15, -0.1) is 0 Å². The molecule has 0 saturated carbocycles. The fourth-order valence-corrected chi connectivity index (χ4v) is 7.04. The van der Waals surface area contributed by atoms with Gasteiger partial charge in [0.2, 0.25) is 0 Å². The van der Waals surface area contributed by atoms with Crippen LogP contribution in [0.5, 0.6) is 0 Å². The average molecular weight is 512 g/mol. The first kappa shape index (κ1) is 23.0. The predicted molar refractivity (Wildman–Crippen MR) is 169 cm³/mol. The number of fused-ring (bicyclic) bond motifs is 8. The maximum atomic E-state index is 2.51. The van der Waals surface area contributed by atoms with Crippen molar-refractivity contribution in [1.29, 1.82) is 0 Å². The largest absolute Gasteiger partial charge is 0.312 e. The van der Waals surface area contributed by atoms with Crippen LogP contribution in [0, 0.1) is 19.3 Å². The van der Waals surface area contributed by atoms with Crippen molar-refractivity contribution in [2.24, 2.45) is 5.41 Å². The van der Waals surface area contributed by atoms with Gasteiger partial charge in [0.15, 0.2) is 0 Å². The van der Waals surface area contributed by atoms with E-state index in [-0.39, 0.29) is 0 Å². The number of nitrogens with zero attached hydrogens (tertiary/aromatic N) is 1. The molecule has 0 aromatic heterocycles. The Balaban J connectivity index is 1.46. The third-order valence-electron chi connectivity index (χ3n) is 8.91. The SMILES string of the molecule is Cc1ccccc1N(C1=CC=C2C(=Cc3ccccc32)C12C=CC=C1C2=Cc2ccccc21)c1ccccc1C. The molecule has 0 amide bonds. The second-order valence-electron chi connectivity index (χ2n) is 11.1. The zero-order valence-electron chi connectivity index (χ0n) is 22.7. The molecule has 0 saturated heterocycles. The van der Waals surface area contributed by atoms with Crippen LogP contribution in [0.1, 0.15) is 33.4 Å². The van der Waals surface area contributed by atoms with Gasteiger partial charge in [-0.2, -0.15) is 0 Å². The first-order valence-electron chi connectivity index (χ1n) is 14.0. The molecule has 4 aromatic carbocycles. The van der Waals surface area contributed by atoms with E-state index in [9.17, 15) is 0 Å². The van der Waals surface area contributed by atoms with Crippen molar-refractivity contribution in [1.82, 2.24) is 0 Å². The molecule has 0 heterocycles. The number of para-hydroxylation sites is 2. The highest BCUT2D eigenvalue weighted by atomic mass is 15.2. The summed E-state index contributed by atoms with van der Waals surface area (Å²) in [6.45, 7) is 4.44. The molecule has 1 atom stereocenters. The third-order valence-corrected chi connectivity index (χ3v) is 8.91. The molecular formula is C39H29N. The summed E-state index contributed by atoms with van der Waals surface area (Å²) in [4.78, 5) is 2.51. The zero-order valence-corrected chi connectivity index (χ0v) is 22.7. The Hall–Kier alpha value is -4.88. The number of aryl methyl sites for hydroxylation is 2. The minimum atomic E-state index is -0.462. The van der Waals surface area contributed by atoms with Gasteiger partial charge < -0.3 is 4.90 Å². The molecule has 1 spiro atoms. The van der Waals surface area contributed by atoms with Gasteiger partial charge in [0.1, 0.15) is 0 Å². The highest BCUT2D eigenvalue weighted by Crippen LogP contribution is 2.63. The first-order valence-corrected chi connectivity index (χ1v) is 14.0. The van der Waals surface area contributed by atoms with E-state index >= 15 is 0 Å². The molecule has 1 heteroatoms. The first-order chi connectivity index (χ1) is 19.7. The molecule has 4 aliphatic carbocycles. The van der Waals surface area contributed by atoms with E-state index in [4.69, 9.17) is 0 Å². The molecule has 190 valence electrons. The fraction of sp³-hybridized carbons (Fsp3) is 0.0769. The van der Waals surface area contributed by atoms with Crippen molar-refractivity contribution in [2.45, 2.75) is 13.8 Å². The lowest BCUT2D eigenvalue weighted by Crippen LogP contribution is -2.37. The second-order valence-corrected chi connectivity index (χ2v) is 11.1. The fourth-order valence-electron chi connectivity index (χ4n) is 7.04. The van der Waals surface area contributed by atoms with E-state index in [0.717, 1.165) is 0 Å². The van der Waals surface area contributed by atoms with E-state index in [1.54, 1.807) is 0 Å². The molecule has 8 rings (SSSR count). The predicted octanol–water partition coefficient (Wildman–Crippen LogP) is 9.86. The van der Waals surface area contributed by atoms with Gasteiger partial charge >= 0.3 is 0 Å². The summed E-state index contributed by atoms with van der Waals surface area (Å²) in [6.07, 6.45) is 16.6. The van der Waals surface area contributed by atoms with Crippen LogP contribution in [0.2, 0.25) is 0 Å². The number of rotatable bonds is 3. The van der Waals surface area contributed by atoms with Crippen molar-refractivity contribution in [3.8, 4) is 0 Å². The normalized spacial score (nSPS) is 19.5. The summed E-state index contributed by atoms with van der Waals surface area (Å²) < 4.78 is 0. The van der Waals surface area contributed by atoms with Crippen LogP contribution in [-0.2, 0) is 0 Å². The Kier molecular flexibility index (Phi) is 4.93. The Morgan fingerprint density at radius 1 is 0.525 bits per heavy atom. The molecule has 1 nitrogen and oxygen atoms in total. The summed E-state index contributed by atoms with van der Waals surface area (Å²) in [7, 11) is 0. The molecule has 40 heavy (non-hydrogen) atoms. The van der Waals surface area contributed by atoms with Crippen molar-refractivity contribution in [3.05, 3.63) is 178 Å². The van der Waals surface area contributed by atoms with Crippen LogP contribution in [0.3, 0.4) is 0 Å². The summed E-state index contributed by atoms with van der Waals surface area (Å²) in [5.74, 6) is 0. The van der Waals surface area contributed by atoms with Gasteiger partial charge in [0.05, 0.1) is 5.41 Å². The van der Waals surface area contributed by atoms with Gasteiger partial charge in [-0.3, -0.25) is 0 Å². The summed E-state index contributed by atoms with van der Waals surface area (Å²) in [5, 5.41) is 0. The molecule has 0 N–H and O–H groups in total. The van der Waals surface area contributed by atoms with E-state index in [0.29, 0.717) is 0 Å². The maximum absolute atomic E-state index is 2.51. The van der Waals surface area contributed by atoms with Crippen molar-refractivity contribution < 1.29 is 0 Å². The third kappa shape index (κ3) is 3.09. The molecule has 4 aromatic rings. The molecule has 0 aliphatic heterocycles. The van der Waals surface area contributed by atoms with E-state index in [1.165, 1.54) is 72.7 Å². The minimum absolute atomic E-state index is 0.462. The maximum Gasteiger partial charge on any atom is 0.0803 e. The highest BCUT2D eigenvalue weighted by Gasteiger charge is 2.50. The van der Waals surface area contributed by atoms with E-state index in [2.05, 4.69) is 158 Å². The van der Waals surface area contributed by atoms with Crippen molar-refractivity contribution in [2.75, 3.05) is 4.90 Å². The van der Waals surface area contributed by atoms with Crippen molar-refractivity contribution >= 4 is 34.7 Å². The monoisotopic (exact) mass is 511 g/mol. The topological polar surface area (TPSA) is 3.24 Å². The van der Waals surface area contributed by atoms with Crippen LogP contribution in [0.25, 0.3) is 23.3 Å². The summed E-state index contributed by atoms with van der Waals surface area (Å²) in [5.41, 5.74) is 16.2. The lowest BCUT2D eigenvalue weighted by Gasteiger charge is -2.46. The average Bonchev–Trinajstić information content (AvgIpc) is 3.56. The minimum Gasteiger partial charge on any atom is -0.312 e. The smallest absolute Gasteiger partial charge is 0.0803 e. The van der Waals surface area contributed by atoms with Gasteiger partial charge in [-0.25, -0.2) is 0 Å². The standard InChI is InChI=1S/C39H29N/c1-26-12-3-9-19-36(26)40(37-20-10-4-13-27(37)2)38-22-21-33-31-17-8-6-15-29(31)25-35(33)39(38)23-11-18-32-30-16-7-5-14-28(30)24-34(32)39/h3-25H,1-2H3. The second kappa shape index (κ2) is 8.56. The number of benzene rings is 4. The quantitative estimate of drug-likeness (QED) is 0.265. The Bertz CT molecular complexity index is 1850. The Morgan fingerprint density at radius 3 is 1.60 bits per heavy atom. The molecule has 4 aliphatic rings. The van der Waals surface area contributed by atoms with Gasteiger partial charge in [-0.05, 0) is 99.9 Å². The van der Waals surface area contributed by atoms with E-state index in [1.807, 2.05) is 0 Å². The van der Waals surface area contributed by atoms with Gasteiger partial charge in [-0.1, -0.05) is 109 Å². The van der Waals surface area contributed by atoms with Crippen LogP contribution in [-0.4, -0.2) is 0 Å². The summed E-state index contributed by atoms with van der Waals surface area (Å²) in [6, 6.07) is 35.1. The molecule has 0 fully saturated rings. The van der Waals surface area contributed by atoms with Crippen LogP contribution in [0.4, 0.5) is 11.4 Å². The molecule has 0 bridgehead atoms. The van der Waals surface area contributed by atoms with Crippen LogP contribution in [0.15, 0.2) is 144 Å². The number of hydrogen-bond donors (Lipinski definition) is 0. The lowest BCUT2D eigenvalue weighted by atomic mass is 9.63. The number of anilines is 2. The number of allylic oxidation sites excluding steroid dienone is 7. The molecule has 0 radical (unpaired) electrons. The molecular weight excluding hydrogens is 482 g/mol. The van der Waals surface area contributed by atoms with E-state index < -0.39 is 5.41 Å². The Labute approximate surface area is 236 Å². The lowest BCUT2D eigenvalue weighted by molar-refractivity contribution is 0.676. The number of hydrogen-bond acceptors (Lipinski definition) is 1.